The van der Waals surface area contributed by atoms with Crippen molar-refractivity contribution in [1.29, 1.82) is 0 Å². The number of benzene rings is 3. The van der Waals surface area contributed by atoms with E-state index in [0.717, 1.165) is 36.4 Å². The summed E-state index contributed by atoms with van der Waals surface area (Å²) in [6.45, 7) is 5.89. The standard InChI is InChI=1S/C28H28N2O3/c1-20-6-8-21(9-7-20)22-10-11-27-24(16-22)18-26(33-27)19-29-12-14-30(15-13-29)28(31)23-4-3-5-25(17-23)32-2/h3-11,16-18H,12-15,19H2,1-2H3. The van der Waals surface area contributed by atoms with E-state index >= 15 is 0 Å². The molecule has 168 valence electrons. The number of aryl methyl sites for hydroxylation is 1. The average Bonchev–Trinajstić information content (AvgIpc) is 3.26. The molecular formula is C28H28N2O3. The van der Waals surface area contributed by atoms with E-state index < -0.39 is 0 Å². The van der Waals surface area contributed by atoms with Gasteiger partial charge in [0.25, 0.3) is 5.91 Å². The van der Waals surface area contributed by atoms with E-state index in [2.05, 4.69) is 60.4 Å². The van der Waals surface area contributed by atoms with E-state index in [1.54, 1.807) is 13.2 Å². The van der Waals surface area contributed by atoms with Crippen molar-refractivity contribution in [2.75, 3.05) is 33.3 Å². The molecule has 2 heterocycles. The molecule has 4 aromatic rings. The molecule has 5 rings (SSSR count). The average molecular weight is 441 g/mol. The summed E-state index contributed by atoms with van der Waals surface area (Å²) in [7, 11) is 1.61. The van der Waals surface area contributed by atoms with Crippen LogP contribution in [0.2, 0.25) is 0 Å². The van der Waals surface area contributed by atoms with E-state index in [0.29, 0.717) is 24.4 Å². The SMILES string of the molecule is COc1cccc(C(=O)N2CCN(Cc3cc4cc(-c5ccc(C)cc5)ccc4o3)CC2)c1. The maximum absolute atomic E-state index is 12.9. The maximum Gasteiger partial charge on any atom is 0.254 e. The highest BCUT2D eigenvalue weighted by Gasteiger charge is 2.23. The number of piperazine rings is 1. The maximum atomic E-state index is 12.9. The van der Waals surface area contributed by atoms with Gasteiger partial charge in [0.05, 0.1) is 13.7 Å². The van der Waals surface area contributed by atoms with Gasteiger partial charge in [0.1, 0.15) is 17.1 Å². The third-order valence-electron chi connectivity index (χ3n) is 6.31. The molecule has 1 fully saturated rings. The molecule has 0 saturated carbocycles. The van der Waals surface area contributed by atoms with Crippen LogP contribution < -0.4 is 4.74 Å². The fourth-order valence-electron chi connectivity index (χ4n) is 4.37. The van der Waals surface area contributed by atoms with Crippen LogP contribution in [0.4, 0.5) is 0 Å². The van der Waals surface area contributed by atoms with Crippen molar-refractivity contribution in [3.63, 3.8) is 0 Å². The number of amides is 1. The number of fused-ring (bicyclic) bond motifs is 1. The first-order valence-corrected chi connectivity index (χ1v) is 11.3. The number of ether oxygens (including phenoxy) is 1. The zero-order chi connectivity index (χ0) is 22.8. The molecular weight excluding hydrogens is 412 g/mol. The quantitative estimate of drug-likeness (QED) is 0.418. The molecule has 1 amide bonds. The van der Waals surface area contributed by atoms with Gasteiger partial charge in [-0.05, 0) is 54.4 Å². The summed E-state index contributed by atoms with van der Waals surface area (Å²) in [5, 5.41) is 1.12. The second kappa shape index (κ2) is 9.12. The molecule has 0 spiro atoms. The first kappa shape index (κ1) is 21.3. The van der Waals surface area contributed by atoms with Crippen molar-refractivity contribution in [3.05, 3.63) is 89.7 Å². The smallest absolute Gasteiger partial charge is 0.254 e. The van der Waals surface area contributed by atoms with Crippen LogP contribution in [0.1, 0.15) is 21.7 Å². The molecule has 0 N–H and O–H groups in total. The second-order valence-electron chi connectivity index (χ2n) is 8.63. The van der Waals surface area contributed by atoms with Crippen molar-refractivity contribution in [1.82, 2.24) is 9.80 Å². The predicted molar refractivity (Wildman–Crippen MR) is 131 cm³/mol. The number of nitrogens with zero attached hydrogens (tertiary/aromatic N) is 2. The monoisotopic (exact) mass is 440 g/mol. The number of methoxy groups -OCH3 is 1. The third-order valence-corrected chi connectivity index (χ3v) is 6.31. The van der Waals surface area contributed by atoms with Crippen LogP contribution in [0, 0.1) is 6.92 Å². The summed E-state index contributed by atoms with van der Waals surface area (Å²) in [5.41, 5.74) is 5.24. The highest BCUT2D eigenvalue weighted by Crippen LogP contribution is 2.28. The van der Waals surface area contributed by atoms with Gasteiger partial charge >= 0.3 is 0 Å². The number of hydrogen-bond donors (Lipinski definition) is 0. The lowest BCUT2D eigenvalue weighted by molar-refractivity contribution is 0.0620. The summed E-state index contributed by atoms with van der Waals surface area (Å²) in [6.07, 6.45) is 0. The summed E-state index contributed by atoms with van der Waals surface area (Å²) in [4.78, 5) is 17.1. The highest BCUT2D eigenvalue weighted by atomic mass is 16.5. The van der Waals surface area contributed by atoms with Gasteiger partial charge in [-0.1, -0.05) is 42.0 Å². The highest BCUT2D eigenvalue weighted by molar-refractivity contribution is 5.94. The van der Waals surface area contributed by atoms with Crippen LogP contribution in [0.5, 0.6) is 5.75 Å². The Hall–Kier alpha value is -3.57. The Morgan fingerprint density at radius 2 is 1.67 bits per heavy atom. The van der Waals surface area contributed by atoms with E-state index in [9.17, 15) is 4.79 Å². The summed E-state index contributed by atoms with van der Waals surface area (Å²) in [6, 6.07) is 24.4. The first-order valence-electron chi connectivity index (χ1n) is 11.3. The summed E-state index contributed by atoms with van der Waals surface area (Å²) < 4.78 is 11.4. The van der Waals surface area contributed by atoms with Crippen molar-refractivity contribution in [3.8, 4) is 16.9 Å². The van der Waals surface area contributed by atoms with Crippen LogP contribution in [-0.4, -0.2) is 49.0 Å². The molecule has 0 atom stereocenters. The Balaban J connectivity index is 1.22. The number of furan rings is 1. The Morgan fingerprint density at radius 3 is 2.42 bits per heavy atom. The molecule has 1 aliphatic rings. The van der Waals surface area contributed by atoms with Crippen molar-refractivity contribution >= 4 is 16.9 Å². The van der Waals surface area contributed by atoms with Gasteiger partial charge in [-0.3, -0.25) is 9.69 Å². The second-order valence-corrected chi connectivity index (χ2v) is 8.63. The molecule has 5 nitrogen and oxygen atoms in total. The Morgan fingerprint density at radius 1 is 0.909 bits per heavy atom. The fraction of sp³-hybridized carbons (Fsp3) is 0.250. The molecule has 33 heavy (non-hydrogen) atoms. The summed E-state index contributed by atoms with van der Waals surface area (Å²) >= 11 is 0. The number of carbonyl (C=O) groups excluding carboxylic acids is 1. The van der Waals surface area contributed by atoms with Crippen LogP contribution in [-0.2, 0) is 6.54 Å². The lowest BCUT2D eigenvalue weighted by atomic mass is 10.0. The van der Waals surface area contributed by atoms with Crippen molar-refractivity contribution < 1.29 is 13.9 Å². The molecule has 1 aliphatic heterocycles. The van der Waals surface area contributed by atoms with Gasteiger partial charge in [0.2, 0.25) is 0 Å². The van der Waals surface area contributed by atoms with E-state index in [4.69, 9.17) is 9.15 Å². The predicted octanol–water partition coefficient (Wildman–Crippen LogP) is 5.37. The minimum atomic E-state index is 0.0564. The molecule has 3 aromatic carbocycles. The fourth-order valence-corrected chi connectivity index (χ4v) is 4.37. The Labute approximate surface area is 194 Å². The van der Waals surface area contributed by atoms with Crippen LogP contribution >= 0.6 is 0 Å². The number of rotatable bonds is 5. The van der Waals surface area contributed by atoms with Gasteiger partial charge in [-0.2, -0.15) is 0 Å². The molecule has 0 unspecified atom stereocenters. The molecule has 0 aliphatic carbocycles. The van der Waals surface area contributed by atoms with Gasteiger partial charge in [0, 0.05) is 37.1 Å². The molecule has 0 radical (unpaired) electrons. The normalized spacial score (nSPS) is 14.5. The van der Waals surface area contributed by atoms with E-state index in [-0.39, 0.29) is 5.91 Å². The van der Waals surface area contributed by atoms with E-state index in [1.807, 2.05) is 23.1 Å². The molecule has 1 saturated heterocycles. The number of hydrogen-bond acceptors (Lipinski definition) is 4. The Bertz CT molecular complexity index is 1270. The molecule has 5 heteroatoms. The topological polar surface area (TPSA) is 45.9 Å². The van der Waals surface area contributed by atoms with Gasteiger partial charge < -0.3 is 14.1 Å². The lowest BCUT2D eigenvalue weighted by Gasteiger charge is -2.34. The van der Waals surface area contributed by atoms with Gasteiger partial charge in [-0.15, -0.1) is 0 Å². The third kappa shape index (κ3) is 4.64. The lowest BCUT2D eigenvalue weighted by Crippen LogP contribution is -2.48. The van der Waals surface area contributed by atoms with Crippen LogP contribution in [0.3, 0.4) is 0 Å². The largest absolute Gasteiger partial charge is 0.497 e. The van der Waals surface area contributed by atoms with Crippen molar-refractivity contribution in [2.45, 2.75) is 13.5 Å². The van der Waals surface area contributed by atoms with Crippen LogP contribution in [0.25, 0.3) is 22.1 Å². The van der Waals surface area contributed by atoms with E-state index in [1.165, 1.54) is 16.7 Å². The minimum absolute atomic E-state index is 0.0564. The molecule has 1 aromatic heterocycles. The Kier molecular flexibility index (Phi) is 5.88. The first-order chi connectivity index (χ1) is 16.1. The van der Waals surface area contributed by atoms with Gasteiger partial charge in [-0.25, -0.2) is 0 Å². The summed E-state index contributed by atoms with van der Waals surface area (Å²) in [5.74, 6) is 1.72. The minimum Gasteiger partial charge on any atom is -0.497 e. The van der Waals surface area contributed by atoms with Crippen LogP contribution in [0.15, 0.2) is 77.2 Å². The zero-order valence-electron chi connectivity index (χ0n) is 19.1. The zero-order valence-corrected chi connectivity index (χ0v) is 19.1. The molecule has 0 bridgehead atoms. The number of carbonyl (C=O) groups is 1. The van der Waals surface area contributed by atoms with Gasteiger partial charge in [0.15, 0.2) is 0 Å². The van der Waals surface area contributed by atoms with Crippen molar-refractivity contribution in [2.24, 2.45) is 0 Å².